The standard InChI is InChI=1S/C8H5ClF2Se/c9-7(10)8(11)12-6-4-2-1-3-5-6/h1-5H. The van der Waals surface area contributed by atoms with Gasteiger partial charge < -0.3 is 0 Å². The second-order valence-corrected chi connectivity index (χ2v) is 4.45. The summed E-state index contributed by atoms with van der Waals surface area (Å²) in [5.74, 6) is 0. The summed E-state index contributed by atoms with van der Waals surface area (Å²) >= 11 is 4.19. The quantitative estimate of drug-likeness (QED) is 0.710. The Hall–Kier alpha value is -0.371. The van der Waals surface area contributed by atoms with Crippen molar-refractivity contribution in [3.63, 3.8) is 0 Å². The van der Waals surface area contributed by atoms with Crippen molar-refractivity contribution in [2.45, 2.75) is 0 Å². The molecule has 0 fully saturated rings. The van der Waals surface area contributed by atoms with Crippen molar-refractivity contribution in [1.82, 2.24) is 0 Å². The van der Waals surface area contributed by atoms with Gasteiger partial charge in [0.05, 0.1) is 0 Å². The third kappa shape index (κ3) is 2.94. The molecule has 0 heterocycles. The van der Waals surface area contributed by atoms with Crippen LogP contribution in [-0.2, 0) is 0 Å². The summed E-state index contributed by atoms with van der Waals surface area (Å²) in [6.45, 7) is 0. The zero-order valence-electron chi connectivity index (χ0n) is 5.93. The zero-order valence-corrected chi connectivity index (χ0v) is 8.40. The van der Waals surface area contributed by atoms with Gasteiger partial charge in [-0.15, -0.1) is 0 Å². The Bertz CT molecular complexity index is 280. The van der Waals surface area contributed by atoms with Gasteiger partial charge in [-0.1, -0.05) is 0 Å². The molecule has 0 saturated heterocycles. The molecule has 0 bridgehead atoms. The molecule has 0 aliphatic rings. The first-order valence-electron chi connectivity index (χ1n) is 3.14. The van der Waals surface area contributed by atoms with E-state index in [9.17, 15) is 8.78 Å². The van der Waals surface area contributed by atoms with Crippen LogP contribution in [0.1, 0.15) is 0 Å². The summed E-state index contributed by atoms with van der Waals surface area (Å²) < 4.78 is 24.6. The number of hydrogen-bond donors (Lipinski definition) is 0. The van der Waals surface area contributed by atoms with E-state index in [4.69, 9.17) is 11.6 Å². The Morgan fingerprint density at radius 2 is 1.75 bits per heavy atom. The average Bonchev–Trinajstić information content (AvgIpc) is 2.06. The van der Waals surface area contributed by atoms with Gasteiger partial charge in [-0.2, -0.15) is 0 Å². The first-order chi connectivity index (χ1) is 5.70. The first kappa shape index (κ1) is 9.72. The maximum absolute atomic E-state index is 12.6. The van der Waals surface area contributed by atoms with Crippen LogP contribution in [0.2, 0.25) is 0 Å². The Balaban J connectivity index is 2.72. The summed E-state index contributed by atoms with van der Waals surface area (Å²) in [6.07, 6.45) is 0. The fraction of sp³-hybridized carbons (Fsp3) is 0. The Labute approximate surface area is 80.4 Å². The second kappa shape index (κ2) is 4.61. The zero-order chi connectivity index (χ0) is 8.97. The molecule has 0 N–H and O–H groups in total. The molecule has 0 atom stereocenters. The predicted molar refractivity (Wildman–Crippen MR) is 46.9 cm³/mol. The monoisotopic (exact) mass is 254 g/mol. The van der Waals surface area contributed by atoms with Crippen molar-refractivity contribution in [3.05, 3.63) is 40.3 Å². The van der Waals surface area contributed by atoms with Crippen LogP contribution in [0.4, 0.5) is 8.78 Å². The summed E-state index contributed by atoms with van der Waals surface area (Å²) in [4.78, 5) is 0. The first-order valence-corrected chi connectivity index (χ1v) is 5.23. The van der Waals surface area contributed by atoms with Crippen LogP contribution in [0.25, 0.3) is 0 Å². The summed E-state index contributed by atoms with van der Waals surface area (Å²) in [7, 11) is 0. The van der Waals surface area contributed by atoms with E-state index in [0.29, 0.717) is 0 Å². The van der Waals surface area contributed by atoms with Gasteiger partial charge in [-0.25, -0.2) is 0 Å². The predicted octanol–water partition coefficient (Wildman–Crippen LogP) is 2.32. The molecular formula is C8H5ClF2Se. The van der Waals surface area contributed by atoms with Gasteiger partial charge in [-0.05, 0) is 0 Å². The molecule has 12 heavy (non-hydrogen) atoms. The molecule has 4 heteroatoms. The molecule has 0 radical (unpaired) electrons. The second-order valence-electron chi connectivity index (χ2n) is 1.95. The molecule has 1 aromatic carbocycles. The molecule has 0 nitrogen and oxygen atoms in total. The van der Waals surface area contributed by atoms with Crippen molar-refractivity contribution in [3.8, 4) is 0 Å². The average molecular weight is 254 g/mol. The van der Waals surface area contributed by atoms with Crippen LogP contribution in [0, 0.1) is 0 Å². The van der Waals surface area contributed by atoms with Crippen LogP contribution in [0.3, 0.4) is 0 Å². The fourth-order valence-electron chi connectivity index (χ4n) is 0.631. The summed E-state index contributed by atoms with van der Waals surface area (Å²) in [5.41, 5.74) is 0. The molecule has 0 spiro atoms. The van der Waals surface area contributed by atoms with Gasteiger partial charge in [0.15, 0.2) is 0 Å². The van der Waals surface area contributed by atoms with E-state index in [-0.39, 0.29) is 0 Å². The van der Waals surface area contributed by atoms with Crippen LogP contribution in [-0.4, -0.2) is 15.0 Å². The molecule has 0 aromatic heterocycles. The molecule has 0 aliphatic heterocycles. The maximum atomic E-state index is 12.6. The van der Waals surface area contributed by atoms with Crippen molar-refractivity contribution in [2.75, 3.05) is 0 Å². The van der Waals surface area contributed by atoms with E-state index >= 15 is 0 Å². The number of hydrogen-bond acceptors (Lipinski definition) is 0. The number of rotatable bonds is 2. The molecule has 0 amide bonds. The van der Waals surface area contributed by atoms with Gasteiger partial charge in [-0.3, -0.25) is 0 Å². The Morgan fingerprint density at radius 1 is 1.17 bits per heavy atom. The minimum atomic E-state index is -1.24. The number of benzene rings is 1. The van der Waals surface area contributed by atoms with Crippen molar-refractivity contribution in [1.29, 1.82) is 0 Å². The Kier molecular flexibility index (Phi) is 3.73. The topological polar surface area (TPSA) is 0 Å². The van der Waals surface area contributed by atoms with E-state index in [0.717, 1.165) is 4.46 Å². The van der Waals surface area contributed by atoms with Crippen molar-refractivity contribution < 1.29 is 8.78 Å². The molecule has 1 rings (SSSR count). The van der Waals surface area contributed by atoms with Crippen LogP contribution in [0.15, 0.2) is 40.3 Å². The van der Waals surface area contributed by atoms with E-state index in [1.807, 2.05) is 6.07 Å². The van der Waals surface area contributed by atoms with E-state index in [1.54, 1.807) is 24.3 Å². The molecule has 0 unspecified atom stereocenters. The van der Waals surface area contributed by atoms with Gasteiger partial charge in [0.2, 0.25) is 0 Å². The van der Waals surface area contributed by atoms with Gasteiger partial charge >= 0.3 is 80.1 Å². The van der Waals surface area contributed by atoms with Crippen LogP contribution >= 0.6 is 11.6 Å². The minimum absolute atomic E-state index is 0.646. The Morgan fingerprint density at radius 3 is 2.25 bits per heavy atom. The van der Waals surface area contributed by atoms with E-state index < -0.39 is 25.0 Å². The molecule has 1 aromatic rings. The van der Waals surface area contributed by atoms with Crippen LogP contribution < -0.4 is 4.46 Å². The summed E-state index contributed by atoms with van der Waals surface area (Å²) in [5, 5.41) is -1.24. The van der Waals surface area contributed by atoms with Crippen molar-refractivity contribution >= 4 is 31.0 Å². The molecule has 64 valence electrons. The summed E-state index contributed by atoms with van der Waals surface area (Å²) in [6, 6.07) is 8.84. The third-order valence-electron chi connectivity index (χ3n) is 1.10. The van der Waals surface area contributed by atoms with Crippen molar-refractivity contribution in [2.24, 2.45) is 0 Å². The van der Waals surface area contributed by atoms with Gasteiger partial charge in [0.1, 0.15) is 0 Å². The molecule has 0 saturated carbocycles. The van der Waals surface area contributed by atoms with Gasteiger partial charge in [0.25, 0.3) is 0 Å². The fourth-order valence-corrected chi connectivity index (χ4v) is 2.04. The molecular weight excluding hydrogens is 248 g/mol. The van der Waals surface area contributed by atoms with Gasteiger partial charge in [0, 0.05) is 0 Å². The van der Waals surface area contributed by atoms with E-state index in [2.05, 4.69) is 0 Å². The third-order valence-corrected chi connectivity index (χ3v) is 3.34. The SMILES string of the molecule is FC(Cl)=C(F)[Se]c1ccccc1. The normalized spacial score (nSPS) is 12.6. The number of halogens is 3. The van der Waals surface area contributed by atoms with Crippen LogP contribution in [0.5, 0.6) is 0 Å². The molecule has 0 aliphatic carbocycles. The van der Waals surface area contributed by atoms with E-state index in [1.165, 1.54) is 0 Å².